The monoisotopic (exact) mass is 467 g/mol. The number of benzene rings is 2. The van der Waals surface area contributed by atoms with Gasteiger partial charge in [0.25, 0.3) is 5.91 Å². The van der Waals surface area contributed by atoms with Crippen molar-refractivity contribution in [2.45, 2.75) is 57.7 Å². The third-order valence-electron chi connectivity index (χ3n) is 6.80. The molecule has 2 heterocycles. The molecule has 0 N–H and O–H groups in total. The second kappa shape index (κ2) is 9.57. The molecular weight excluding hydrogens is 434 g/mol. The molecule has 1 amide bonds. The van der Waals surface area contributed by atoms with E-state index in [1.54, 1.807) is 31.1 Å². The van der Waals surface area contributed by atoms with Crippen LogP contribution in [0.25, 0.3) is 0 Å². The number of amides is 1. The third kappa shape index (κ3) is 4.56. The van der Waals surface area contributed by atoms with Crippen molar-refractivity contribution in [1.29, 1.82) is 0 Å². The minimum atomic E-state index is -0.655. The molecule has 1 saturated heterocycles. The van der Waals surface area contributed by atoms with Crippen LogP contribution in [0.15, 0.2) is 36.4 Å². The van der Waals surface area contributed by atoms with Gasteiger partial charge < -0.3 is 23.8 Å². The van der Waals surface area contributed by atoms with Gasteiger partial charge in [0.05, 0.1) is 26.2 Å². The first-order chi connectivity index (χ1) is 16.3. The maximum atomic E-state index is 13.1. The van der Waals surface area contributed by atoms with Gasteiger partial charge in [-0.15, -0.1) is 0 Å². The molecule has 2 aliphatic rings. The van der Waals surface area contributed by atoms with E-state index in [0.717, 1.165) is 0 Å². The number of nitrogens with zero attached hydrogens (tertiary/aromatic N) is 1. The molecule has 1 atom stereocenters. The summed E-state index contributed by atoms with van der Waals surface area (Å²) >= 11 is 0. The number of methoxy groups -OCH3 is 2. The van der Waals surface area contributed by atoms with Gasteiger partial charge in [0.15, 0.2) is 23.4 Å². The van der Waals surface area contributed by atoms with Crippen LogP contribution in [0.3, 0.4) is 0 Å². The minimum absolute atomic E-state index is 0.0172. The summed E-state index contributed by atoms with van der Waals surface area (Å²) in [7, 11) is 3.09. The molecule has 1 unspecified atom stereocenters. The van der Waals surface area contributed by atoms with Crippen molar-refractivity contribution < 1.29 is 28.5 Å². The van der Waals surface area contributed by atoms with E-state index < -0.39 is 11.7 Å². The van der Waals surface area contributed by atoms with Gasteiger partial charge in [0, 0.05) is 25.9 Å². The normalized spacial score (nSPS) is 17.7. The first kappa shape index (κ1) is 23.9. The Bertz CT molecular complexity index is 1050. The molecule has 0 bridgehead atoms. The number of ether oxygens (including phenoxy) is 4. The first-order valence-electron chi connectivity index (χ1n) is 11.8. The SMILES string of the molecule is COc1ccc2c(c1OC)OC1(CCN(C(=O)C(C)Oc3ccc(C(C)C)cc3)CC1)CC2=O. The summed E-state index contributed by atoms with van der Waals surface area (Å²) in [5.41, 5.74) is 1.08. The van der Waals surface area contributed by atoms with Crippen LogP contribution in [0.2, 0.25) is 0 Å². The van der Waals surface area contributed by atoms with Gasteiger partial charge in [0.1, 0.15) is 11.4 Å². The van der Waals surface area contributed by atoms with Crippen molar-refractivity contribution in [3.05, 3.63) is 47.5 Å². The lowest BCUT2D eigenvalue weighted by Gasteiger charge is -2.44. The standard InChI is InChI=1S/C27H33NO6/c1-17(2)19-6-8-20(9-7-19)33-18(3)26(30)28-14-12-27(13-15-28)16-22(29)21-10-11-23(31-4)25(32-5)24(21)34-27/h6-11,17-18H,12-16H2,1-5H3. The van der Waals surface area contributed by atoms with E-state index in [4.69, 9.17) is 18.9 Å². The van der Waals surface area contributed by atoms with Crippen molar-refractivity contribution in [1.82, 2.24) is 4.90 Å². The van der Waals surface area contributed by atoms with Gasteiger partial charge in [-0.3, -0.25) is 9.59 Å². The van der Waals surface area contributed by atoms with Crippen molar-refractivity contribution in [2.75, 3.05) is 27.3 Å². The van der Waals surface area contributed by atoms with E-state index >= 15 is 0 Å². The molecule has 1 spiro atoms. The topological polar surface area (TPSA) is 74.3 Å². The van der Waals surface area contributed by atoms with Gasteiger partial charge in [-0.05, 0) is 42.7 Å². The largest absolute Gasteiger partial charge is 0.493 e. The Balaban J connectivity index is 1.42. The second-order valence-corrected chi connectivity index (χ2v) is 9.37. The zero-order valence-electron chi connectivity index (χ0n) is 20.6. The number of piperidine rings is 1. The van der Waals surface area contributed by atoms with Crippen LogP contribution in [0, 0.1) is 0 Å². The molecule has 34 heavy (non-hydrogen) atoms. The molecule has 4 rings (SSSR count). The van der Waals surface area contributed by atoms with E-state index in [9.17, 15) is 9.59 Å². The Morgan fingerprint density at radius 1 is 1.00 bits per heavy atom. The van der Waals surface area contributed by atoms with Crippen molar-refractivity contribution in [3.8, 4) is 23.0 Å². The number of fused-ring (bicyclic) bond motifs is 1. The fourth-order valence-electron chi connectivity index (χ4n) is 4.72. The van der Waals surface area contributed by atoms with Crippen LogP contribution in [0.5, 0.6) is 23.0 Å². The van der Waals surface area contributed by atoms with Crippen LogP contribution < -0.4 is 18.9 Å². The molecule has 182 valence electrons. The van der Waals surface area contributed by atoms with Crippen LogP contribution >= 0.6 is 0 Å². The third-order valence-corrected chi connectivity index (χ3v) is 6.80. The Labute approximate surface area is 200 Å². The van der Waals surface area contributed by atoms with Crippen LogP contribution in [-0.2, 0) is 4.79 Å². The van der Waals surface area contributed by atoms with Crippen LogP contribution in [-0.4, -0.2) is 55.6 Å². The fourth-order valence-corrected chi connectivity index (χ4v) is 4.72. The average Bonchev–Trinajstić information content (AvgIpc) is 2.83. The van der Waals surface area contributed by atoms with Crippen molar-refractivity contribution >= 4 is 11.7 Å². The summed E-state index contributed by atoms with van der Waals surface area (Å²) in [4.78, 5) is 27.8. The van der Waals surface area contributed by atoms with Crippen molar-refractivity contribution in [2.24, 2.45) is 0 Å². The molecule has 0 radical (unpaired) electrons. The molecule has 7 heteroatoms. The summed E-state index contributed by atoms with van der Waals surface area (Å²) < 4.78 is 23.2. The number of hydrogen-bond acceptors (Lipinski definition) is 6. The highest BCUT2D eigenvalue weighted by Gasteiger charge is 2.45. The van der Waals surface area contributed by atoms with Gasteiger partial charge in [-0.2, -0.15) is 0 Å². The number of hydrogen-bond donors (Lipinski definition) is 0. The maximum Gasteiger partial charge on any atom is 0.263 e. The van der Waals surface area contributed by atoms with E-state index in [-0.39, 0.29) is 18.1 Å². The van der Waals surface area contributed by atoms with Gasteiger partial charge in [-0.1, -0.05) is 26.0 Å². The lowest BCUT2D eigenvalue weighted by molar-refractivity contribution is -0.141. The number of carbonyl (C=O) groups excluding carboxylic acids is 2. The smallest absolute Gasteiger partial charge is 0.263 e. The van der Waals surface area contributed by atoms with Crippen LogP contribution in [0.1, 0.15) is 61.9 Å². The molecule has 0 aromatic heterocycles. The first-order valence-corrected chi connectivity index (χ1v) is 11.8. The Kier molecular flexibility index (Phi) is 6.73. The summed E-state index contributed by atoms with van der Waals surface area (Å²) in [6.45, 7) is 7.04. The number of carbonyl (C=O) groups is 2. The van der Waals surface area contributed by atoms with Crippen LogP contribution in [0.4, 0.5) is 0 Å². The van der Waals surface area contributed by atoms with Crippen molar-refractivity contribution in [3.63, 3.8) is 0 Å². The number of Topliss-reactive ketones (excluding diaryl/α,β-unsaturated/α-hetero) is 1. The van der Waals surface area contributed by atoms with E-state index in [1.807, 2.05) is 24.3 Å². The Morgan fingerprint density at radius 2 is 1.68 bits per heavy atom. The molecule has 0 saturated carbocycles. The predicted molar refractivity (Wildman–Crippen MR) is 128 cm³/mol. The zero-order chi connectivity index (χ0) is 24.5. The summed E-state index contributed by atoms with van der Waals surface area (Å²) in [6.07, 6.45) is 0.796. The number of ketones is 1. The van der Waals surface area contributed by atoms with E-state index in [0.29, 0.717) is 60.4 Å². The van der Waals surface area contributed by atoms with E-state index in [2.05, 4.69) is 13.8 Å². The molecule has 0 aliphatic carbocycles. The quantitative estimate of drug-likeness (QED) is 0.617. The highest BCUT2D eigenvalue weighted by atomic mass is 16.5. The molecule has 2 aromatic carbocycles. The summed E-state index contributed by atoms with van der Waals surface area (Å²) in [6, 6.07) is 11.3. The van der Waals surface area contributed by atoms with Gasteiger partial charge in [-0.25, -0.2) is 0 Å². The molecule has 2 aromatic rings. The Morgan fingerprint density at radius 3 is 2.26 bits per heavy atom. The average molecular weight is 468 g/mol. The fraction of sp³-hybridized carbons (Fsp3) is 0.481. The van der Waals surface area contributed by atoms with E-state index in [1.165, 1.54) is 12.7 Å². The number of rotatable bonds is 6. The second-order valence-electron chi connectivity index (χ2n) is 9.37. The highest BCUT2D eigenvalue weighted by Crippen LogP contribution is 2.47. The lowest BCUT2D eigenvalue weighted by Crippen LogP contribution is -2.54. The number of likely N-dealkylation sites (tertiary alicyclic amines) is 1. The summed E-state index contributed by atoms with van der Waals surface area (Å²) in [5, 5.41) is 0. The molecular formula is C27H33NO6. The lowest BCUT2D eigenvalue weighted by atomic mass is 9.82. The predicted octanol–water partition coefficient (Wildman–Crippen LogP) is 4.62. The zero-order valence-corrected chi connectivity index (χ0v) is 20.6. The molecule has 2 aliphatic heterocycles. The minimum Gasteiger partial charge on any atom is -0.493 e. The molecule has 1 fully saturated rings. The molecule has 7 nitrogen and oxygen atoms in total. The summed E-state index contributed by atoms with van der Waals surface area (Å²) in [5.74, 6) is 2.45. The maximum absolute atomic E-state index is 13.1. The van der Waals surface area contributed by atoms with Gasteiger partial charge >= 0.3 is 0 Å². The van der Waals surface area contributed by atoms with Gasteiger partial charge in [0.2, 0.25) is 5.75 Å². The highest BCUT2D eigenvalue weighted by molar-refractivity contribution is 6.01. The Hall–Kier alpha value is -3.22.